The van der Waals surface area contributed by atoms with E-state index in [9.17, 15) is 8.42 Å². The van der Waals surface area contributed by atoms with Crippen LogP contribution in [0, 0.1) is 12.8 Å². The maximum Gasteiger partial charge on any atom is 0.252 e. The molecule has 1 saturated carbocycles. The zero-order valence-electron chi connectivity index (χ0n) is 12.1. The Bertz CT molecular complexity index is 590. The van der Waals surface area contributed by atoms with Crippen LogP contribution in [0.15, 0.2) is 10.3 Å². The number of aryl methyl sites for hydroxylation is 1. The van der Waals surface area contributed by atoms with Crippen LogP contribution in [-0.2, 0) is 16.6 Å². The first-order valence-electron chi connectivity index (χ1n) is 7.29. The summed E-state index contributed by atoms with van der Waals surface area (Å²) in [6.07, 6.45) is 3.47. The van der Waals surface area contributed by atoms with E-state index in [1.54, 1.807) is 4.31 Å². The second-order valence-electron chi connectivity index (χ2n) is 6.08. The number of hydrogen-bond acceptors (Lipinski definition) is 4. The Kier molecular flexibility index (Phi) is 3.92. The number of rotatable bonds is 5. The first-order valence-corrected chi connectivity index (χ1v) is 9.55. The third-order valence-corrected chi connectivity index (χ3v) is 7.66. The van der Waals surface area contributed by atoms with Gasteiger partial charge in [-0.3, -0.25) is 0 Å². The number of nitrogens with one attached hydrogen (secondary N) is 1. The van der Waals surface area contributed by atoms with Crippen molar-refractivity contribution in [2.75, 3.05) is 13.1 Å². The Morgan fingerprint density at radius 2 is 2.15 bits per heavy atom. The molecule has 4 nitrogen and oxygen atoms in total. The van der Waals surface area contributed by atoms with E-state index in [1.807, 2.05) is 13.0 Å². The molecule has 3 rings (SSSR count). The maximum atomic E-state index is 12.6. The highest BCUT2D eigenvalue weighted by Crippen LogP contribution is 2.31. The molecular weight excluding hydrogens is 292 g/mol. The summed E-state index contributed by atoms with van der Waals surface area (Å²) < 4.78 is 27.4. The quantitative estimate of drug-likeness (QED) is 0.907. The van der Waals surface area contributed by atoms with E-state index >= 15 is 0 Å². The highest BCUT2D eigenvalue weighted by Gasteiger charge is 2.32. The molecule has 1 aromatic heterocycles. The fraction of sp³-hybridized carbons (Fsp3) is 0.714. The Morgan fingerprint density at radius 3 is 2.75 bits per heavy atom. The third-order valence-electron chi connectivity index (χ3n) is 4.11. The monoisotopic (exact) mass is 314 g/mol. The van der Waals surface area contributed by atoms with Gasteiger partial charge in [0.25, 0.3) is 10.0 Å². The molecule has 2 fully saturated rings. The largest absolute Gasteiger partial charge is 0.309 e. The number of hydrogen-bond donors (Lipinski definition) is 1. The summed E-state index contributed by atoms with van der Waals surface area (Å²) in [6, 6.07) is 2.49. The summed E-state index contributed by atoms with van der Waals surface area (Å²) in [5, 5.41) is 3.46. The van der Waals surface area contributed by atoms with Crippen molar-refractivity contribution in [2.24, 2.45) is 5.92 Å². The molecule has 1 unspecified atom stereocenters. The molecule has 0 bridgehead atoms. The first-order chi connectivity index (χ1) is 9.46. The second-order valence-corrected chi connectivity index (χ2v) is 9.39. The van der Waals surface area contributed by atoms with Crippen LogP contribution in [0.5, 0.6) is 0 Å². The standard InChI is InChI=1S/C14H22N2O2S2/c1-10-5-6-16(9-10)20(17,18)14-7-11(2)13(19-14)8-15-12-3-4-12/h7,10,12,15H,3-6,8-9H2,1-2H3. The maximum absolute atomic E-state index is 12.6. The van der Waals surface area contributed by atoms with Gasteiger partial charge in [0.2, 0.25) is 0 Å². The van der Waals surface area contributed by atoms with Gasteiger partial charge in [-0.1, -0.05) is 6.92 Å². The van der Waals surface area contributed by atoms with Gasteiger partial charge >= 0.3 is 0 Å². The molecule has 0 radical (unpaired) electrons. The molecule has 1 atom stereocenters. The molecule has 0 aromatic carbocycles. The van der Waals surface area contributed by atoms with Crippen LogP contribution in [0.25, 0.3) is 0 Å². The van der Waals surface area contributed by atoms with Crippen molar-refractivity contribution in [3.8, 4) is 0 Å². The minimum atomic E-state index is -3.27. The Labute approximate surface area is 125 Å². The van der Waals surface area contributed by atoms with E-state index in [-0.39, 0.29) is 0 Å². The lowest BCUT2D eigenvalue weighted by molar-refractivity contribution is 0.466. The molecule has 112 valence electrons. The smallest absolute Gasteiger partial charge is 0.252 e. The topological polar surface area (TPSA) is 49.4 Å². The van der Waals surface area contributed by atoms with Gasteiger partial charge in [0.05, 0.1) is 0 Å². The Hall–Kier alpha value is -0.430. The lowest BCUT2D eigenvalue weighted by atomic mass is 10.2. The minimum absolute atomic E-state index is 0.474. The molecule has 1 saturated heterocycles. The van der Waals surface area contributed by atoms with Gasteiger partial charge in [-0.25, -0.2) is 8.42 Å². The summed E-state index contributed by atoms with van der Waals surface area (Å²) in [4.78, 5) is 1.16. The van der Waals surface area contributed by atoms with Crippen molar-refractivity contribution in [3.63, 3.8) is 0 Å². The molecule has 1 aliphatic carbocycles. The molecule has 2 heterocycles. The molecule has 0 amide bonds. The van der Waals surface area contributed by atoms with Crippen LogP contribution in [0.2, 0.25) is 0 Å². The van der Waals surface area contributed by atoms with Crippen molar-refractivity contribution in [1.29, 1.82) is 0 Å². The first kappa shape index (κ1) is 14.5. The summed E-state index contributed by atoms with van der Waals surface area (Å²) in [7, 11) is -3.27. The number of nitrogens with zero attached hydrogens (tertiary/aromatic N) is 1. The van der Waals surface area contributed by atoms with Crippen LogP contribution in [0.1, 0.15) is 36.6 Å². The van der Waals surface area contributed by atoms with Crippen LogP contribution in [0.4, 0.5) is 0 Å². The second kappa shape index (κ2) is 5.40. The summed E-state index contributed by atoms with van der Waals surface area (Å²) in [5.74, 6) is 0.474. The van der Waals surface area contributed by atoms with Crippen molar-refractivity contribution in [3.05, 3.63) is 16.5 Å². The molecule has 2 aliphatic rings. The SMILES string of the molecule is Cc1cc(S(=O)(=O)N2CCC(C)C2)sc1CNC1CC1. The van der Waals surface area contributed by atoms with Crippen LogP contribution in [0.3, 0.4) is 0 Å². The summed E-state index contributed by atoms with van der Waals surface area (Å²) >= 11 is 1.43. The zero-order chi connectivity index (χ0) is 14.3. The van der Waals surface area contributed by atoms with Crippen LogP contribution < -0.4 is 5.32 Å². The van der Waals surface area contributed by atoms with Crippen molar-refractivity contribution in [2.45, 2.75) is 49.9 Å². The lowest BCUT2D eigenvalue weighted by Gasteiger charge is -2.14. The number of sulfonamides is 1. The van der Waals surface area contributed by atoms with E-state index in [0.717, 1.165) is 23.4 Å². The van der Waals surface area contributed by atoms with Gasteiger partial charge < -0.3 is 5.32 Å². The Balaban J connectivity index is 1.76. The van der Waals surface area contributed by atoms with Crippen LogP contribution in [-0.4, -0.2) is 31.9 Å². The number of thiophene rings is 1. The molecule has 1 aromatic rings. The van der Waals surface area contributed by atoms with E-state index in [2.05, 4.69) is 12.2 Å². The molecule has 1 N–H and O–H groups in total. The fourth-order valence-corrected chi connectivity index (χ4v) is 5.83. The predicted molar refractivity (Wildman–Crippen MR) is 81.5 cm³/mol. The molecule has 1 aliphatic heterocycles. The Morgan fingerprint density at radius 1 is 1.40 bits per heavy atom. The third kappa shape index (κ3) is 2.93. The predicted octanol–water partition coefficient (Wildman–Crippen LogP) is 2.34. The molecule has 0 spiro atoms. The van der Waals surface area contributed by atoms with Gasteiger partial charge in [0.15, 0.2) is 0 Å². The van der Waals surface area contributed by atoms with E-state index in [0.29, 0.717) is 29.3 Å². The van der Waals surface area contributed by atoms with Crippen LogP contribution >= 0.6 is 11.3 Å². The van der Waals surface area contributed by atoms with Crippen molar-refractivity contribution in [1.82, 2.24) is 9.62 Å². The highest BCUT2D eigenvalue weighted by molar-refractivity contribution is 7.91. The lowest BCUT2D eigenvalue weighted by Crippen LogP contribution is -2.28. The molecule has 20 heavy (non-hydrogen) atoms. The van der Waals surface area contributed by atoms with Gasteiger partial charge in [0, 0.05) is 30.6 Å². The van der Waals surface area contributed by atoms with E-state index in [1.165, 1.54) is 24.2 Å². The fourth-order valence-electron chi connectivity index (χ4n) is 2.56. The van der Waals surface area contributed by atoms with Gasteiger partial charge in [0.1, 0.15) is 4.21 Å². The van der Waals surface area contributed by atoms with Gasteiger partial charge in [-0.15, -0.1) is 11.3 Å². The normalized spacial score (nSPS) is 24.4. The van der Waals surface area contributed by atoms with E-state index < -0.39 is 10.0 Å². The van der Waals surface area contributed by atoms with Gasteiger partial charge in [-0.2, -0.15) is 4.31 Å². The average molecular weight is 314 g/mol. The summed E-state index contributed by atoms with van der Waals surface area (Å²) in [5.41, 5.74) is 1.09. The summed E-state index contributed by atoms with van der Waals surface area (Å²) in [6.45, 7) is 6.24. The zero-order valence-corrected chi connectivity index (χ0v) is 13.7. The van der Waals surface area contributed by atoms with E-state index in [4.69, 9.17) is 0 Å². The average Bonchev–Trinajstić information content (AvgIpc) is 2.99. The minimum Gasteiger partial charge on any atom is -0.309 e. The van der Waals surface area contributed by atoms with Gasteiger partial charge in [-0.05, 0) is 43.7 Å². The molecule has 6 heteroatoms. The molecular formula is C14H22N2O2S2. The van der Waals surface area contributed by atoms with Crippen molar-refractivity contribution >= 4 is 21.4 Å². The van der Waals surface area contributed by atoms with Crippen molar-refractivity contribution < 1.29 is 8.42 Å². The highest BCUT2D eigenvalue weighted by atomic mass is 32.2.